The Labute approximate surface area is 151 Å². The van der Waals surface area contributed by atoms with E-state index in [9.17, 15) is 31.1 Å². The fourth-order valence-corrected chi connectivity index (χ4v) is 2.40. The van der Waals surface area contributed by atoms with Crippen LogP contribution >= 0.6 is 0 Å². The highest BCUT2D eigenvalue weighted by molar-refractivity contribution is 5.94. The molecule has 2 aromatic rings. The van der Waals surface area contributed by atoms with Gasteiger partial charge in [-0.3, -0.25) is 4.79 Å². The van der Waals surface area contributed by atoms with Crippen LogP contribution in [0.1, 0.15) is 27.0 Å². The number of nitrogens with two attached hydrogens (primary N) is 1. The smallest absolute Gasteiger partial charge is 0.350 e. The summed E-state index contributed by atoms with van der Waals surface area (Å²) in [5.74, 6) is -1.06. The maximum Gasteiger partial charge on any atom is 0.416 e. The van der Waals surface area contributed by atoms with Crippen LogP contribution in [0.2, 0.25) is 0 Å². The minimum atomic E-state index is -5.01. The SMILES string of the molecule is NC(CNC(=O)c1cc(C(F)(F)F)cc(C(F)(F)F)c1)Cc1ccccc1. The molecule has 0 saturated heterocycles. The van der Waals surface area contributed by atoms with Crippen LogP contribution in [0.4, 0.5) is 26.3 Å². The molecule has 0 heterocycles. The van der Waals surface area contributed by atoms with E-state index in [1.54, 1.807) is 12.1 Å². The number of hydrogen-bond donors (Lipinski definition) is 2. The van der Waals surface area contributed by atoms with Crippen molar-refractivity contribution in [3.05, 3.63) is 70.8 Å². The third-order valence-electron chi connectivity index (χ3n) is 3.72. The highest BCUT2D eigenvalue weighted by Gasteiger charge is 2.37. The van der Waals surface area contributed by atoms with Gasteiger partial charge >= 0.3 is 12.4 Å². The molecule has 0 fully saturated rings. The van der Waals surface area contributed by atoms with E-state index in [-0.39, 0.29) is 12.6 Å². The summed E-state index contributed by atoms with van der Waals surface area (Å²) in [6, 6.07) is 9.20. The number of benzene rings is 2. The van der Waals surface area contributed by atoms with E-state index < -0.39 is 41.0 Å². The average Bonchev–Trinajstić information content (AvgIpc) is 2.58. The van der Waals surface area contributed by atoms with E-state index in [1.807, 2.05) is 18.2 Å². The van der Waals surface area contributed by atoms with Crippen molar-refractivity contribution in [2.24, 2.45) is 5.73 Å². The van der Waals surface area contributed by atoms with E-state index in [1.165, 1.54) is 0 Å². The predicted molar refractivity (Wildman–Crippen MR) is 86.9 cm³/mol. The number of carbonyl (C=O) groups is 1. The molecule has 2 aromatic carbocycles. The Morgan fingerprint density at radius 2 is 1.44 bits per heavy atom. The van der Waals surface area contributed by atoms with E-state index in [0.717, 1.165) is 5.56 Å². The molecule has 0 aliphatic rings. The first-order valence-corrected chi connectivity index (χ1v) is 7.84. The van der Waals surface area contributed by atoms with Crippen LogP contribution in [0.3, 0.4) is 0 Å². The van der Waals surface area contributed by atoms with Crippen LogP contribution < -0.4 is 11.1 Å². The first kappa shape index (κ1) is 20.8. The van der Waals surface area contributed by atoms with Gasteiger partial charge in [-0.25, -0.2) is 0 Å². The van der Waals surface area contributed by atoms with Crippen LogP contribution in [0, 0.1) is 0 Å². The van der Waals surface area contributed by atoms with Gasteiger partial charge < -0.3 is 11.1 Å². The Morgan fingerprint density at radius 3 is 1.93 bits per heavy atom. The van der Waals surface area contributed by atoms with E-state index in [4.69, 9.17) is 5.73 Å². The second-order valence-corrected chi connectivity index (χ2v) is 5.95. The van der Waals surface area contributed by atoms with Crippen molar-refractivity contribution >= 4 is 5.91 Å². The maximum absolute atomic E-state index is 12.8. The molecular weight excluding hydrogens is 374 g/mol. The van der Waals surface area contributed by atoms with Gasteiger partial charge in [0.25, 0.3) is 5.91 Å². The fraction of sp³-hybridized carbons (Fsp3) is 0.278. The molecule has 2 rings (SSSR count). The number of amides is 1. The van der Waals surface area contributed by atoms with Gasteiger partial charge in [0.2, 0.25) is 0 Å². The quantitative estimate of drug-likeness (QED) is 0.758. The average molecular weight is 390 g/mol. The van der Waals surface area contributed by atoms with Crippen molar-refractivity contribution in [2.75, 3.05) is 6.54 Å². The number of alkyl halides is 6. The van der Waals surface area contributed by atoms with Crippen molar-refractivity contribution in [2.45, 2.75) is 24.8 Å². The molecule has 0 aliphatic heterocycles. The number of hydrogen-bond acceptors (Lipinski definition) is 2. The minimum Gasteiger partial charge on any atom is -0.350 e. The summed E-state index contributed by atoms with van der Waals surface area (Å²) in [4.78, 5) is 12.1. The van der Waals surface area contributed by atoms with Gasteiger partial charge in [-0.2, -0.15) is 26.3 Å². The maximum atomic E-state index is 12.8. The highest BCUT2D eigenvalue weighted by atomic mass is 19.4. The van der Waals surface area contributed by atoms with Gasteiger partial charge in [-0.15, -0.1) is 0 Å². The Kier molecular flexibility index (Phi) is 6.15. The Bertz CT molecular complexity index is 754. The topological polar surface area (TPSA) is 55.1 Å². The van der Waals surface area contributed by atoms with Crippen molar-refractivity contribution in [3.63, 3.8) is 0 Å². The van der Waals surface area contributed by atoms with E-state index in [2.05, 4.69) is 5.32 Å². The van der Waals surface area contributed by atoms with Crippen molar-refractivity contribution < 1.29 is 31.1 Å². The Morgan fingerprint density at radius 1 is 0.926 bits per heavy atom. The molecule has 0 bridgehead atoms. The van der Waals surface area contributed by atoms with Crippen molar-refractivity contribution in [1.29, 1.82) is 0 Å². The molecule has 1 unspecified atom stereocenters. The summed E-state index contributed by atoms with van der Waals surface area (Å²) in [6.45, 7) is -0.106. The summed E-state index contributed by atoms with van der Waals surface area (Å²) in [7, 11) is 0. The third kappa shape index (κ3) is 5.99. The zero-order valence-corrected chi connectivity index (χ0v) is 13.9. The van der Waals surface area contributed by atoms with Gasteiger partial charge in [0, 0.05) is 18.2 Å². The predicted octanol–water partition coefficient (Wildman–Crippen LogP) is 4.02. The first-order chi connectivity index (χ1) is 12.5. The molecule has 0 aliphatic carbocycles. The minimum absolute atomic E-state index is 0.0298. The van der Waals surface area contributed by atoms with E-state index in [0.29, 0.717) is 18.6 Å². The van der Waals surface area contributed by atoms with Crippen LogP contribution in [0.15, 0.2) is 48.5 Å². The van der Waals surface area contributed by atoms with Crippen molar-refractivity contribution in [1.82, 2.24) is 5.32 Å². The number of halogens is 6. The second kappa shape index (κ2) is 7.99. The Hall–Kier alpha value is -2.55. The normalized spacial score (nSPS) is 13.3. The summed E-state index contributed by atoms with van der Waals surface area (Å²) >= 11 is 0. The van der Waals surface area contributed by atoms with Gasteiger partial charge in [-0.1, -0.05) is 30.3 Å². The molecule has 0 radical (unpaired) electrons. The third-order valence-corrected chi connectivity index (χ3v) is 3.72. The molecule has 9 heteroatoms. The first-order valence-electron chi connectivity index (χ1n) is 7.84. The summed E-state index contributed by atoms with van der Waals surface area (Å²) in [6.07, 6.45) is -9.64. The van der Waals surface area contributed by atoms with Gasteiger partial charge in [0.1, 0.15) is 0 Å². The van der Waals surface area contributed by atoms with Gasteiger partial charge in [0.15, 0.2) is 0 Å². The van der Waals surface area contributed by atoms with Crippen LogP contribution in [0.5, 0.6) is 0 Å². The monoisotopic (exact) mass is 390 g/mol. The van der Waals surface area contributed by atoms with E-state index >= 15 is 0 Å². The summed E-state index contributed by atoms with van der Waals surface area (Å²) in [5, 5.41) is 2.28. The summed E-state index contributed by atoms with van der Waals surface area (Å²) < 4.78 is 77.0. The number of rotatable bonds is 5. The second-order valence-electron chi connectivity index (χ2n) is 5.95. The lowest BCUT2D eigenvalue weighted by molar-refractivity contribution is -0.143. The molecule has 0 saturated carbocycles. The van der Waals surface area contributed by atoms with Gasteiger partial charge in [-0.05, 0) is 30.2 Å². The van der Waals surface area contributed by atoms with Crippen LogP contribution in [-0.2, 0) is 18.8 Å². The fourth-order valence-electron chi connectivity index (χ4n) is 2.40. The zero-order valence-electron chi connectivity index (χ0n) is 13.9. The molecular formula is C18H16F6N2O. The molecule has 1 atom stereocenters. The molecule has 27 heavy (non-hydrogen) atoms. The van der Waals surface area contributed by atoms with Crippen LogP contribution in [0.25, 0.3) is 0 Å². The zero-order chi connectivity index (χ0) is 20.2. The molecule has 3 N–H and O–H groups in total. The number of carbonyl (C=O) groups excluding carboxylic acids is 1. The van der Waals surface area contributed by atoms with Crippen molar-refractivity contribution in [3.8, 4) is 0 Å². The van der Waals surface area contributed by atoms with Gasteiger partial charge in [0.05, 0.1) is 11.1 Å². The Balaban J connectivity index is 2.13. The lowest BCUT2D eigenvalue weighted by atomic mass is 10.0. The standard InChI is InChI=1S/C18H16F6N2O/c19-17(20,21)13-7-12(8-14(9-13)18(22,23)24)16(27)26-10-15(25)6-11-4-2-1-3-5-11/h1-5,7-9,15H,6,10,25H2,(H,26,27). The molecule has 146 valence electrons. The largest absolute Gasteiger partial charge is 0.416 e. The number of nitrogens with one attached hydrogen (secondary N) is 1. The molecule has 0 spiro atoms. The molecule has 0 aromatic heterocycles. The lowest BCUT2D eigenvalue weighted by Crippen LogP contribution is -2.38. The summed E-state index contributed by atoms with van der Waals surface area (Å²) in [5.41, 5.74) is 2.92. The lowest BCUT2D eigenvalue weighted by Gasteiger charge is -2.16. The highest BCUT2D eigenvalue weighted by Crippen LogP contribution is 2.36. The molecule has 3 nitrogen and oxygen atoms in total. The molecule has 1 amide bonds. The van der Waals surface area contributed by atoms with Crippen LogP contribution in [-0.4, -0.2) is 18.5 Å².